The maximum absolute atomic E-state index is 5.63. The number of alkyl halides is 1. The van der Waals surface area contributed by atoms with E-state index in [2.05, 4.69) is 13.0 Å². The first-order chi connectivity index (χ1) is 4.34. The first kappa shape index (κ1) is 10.3. The van der Waals surface area contributed by atoms with Gasteiger partial charge in [0.05, 0.1) is 0 Å². The summed E-state index contributed by atoms with van der Waals surface area (Å²) in [6, 6.07) is 8.14. The summed E-state index contributed by atoms with van der Waals surface area (Å²) in [6.45, 7) is 2.07. The number of benzene rings is 1. The molecule has 1 aromatic carbocycles. The highest BCUT2D eigenvalue weighted by Gasteiger charge is 1.90. The standard InChI is InChI=1S/C8H9Cl.Mg.2H/c1-7-4-2-3-5-8(7)6-9;;;/h2-5H,6H2,1H3;;;. The van der Waals surface area contributed by atoms with Gasteiger partial charge in [-0.15, -0.1) is 11.6 Å². The van der Waals surface area contributed by atoms with Gasteiger partial charge in [-0.05, 0) is 18.1 Å². The van der Waals surface area contributed by atoms with E-state index in [0.717, 1.165) is 0 Å². The molecule has 0 saturated carbocycles. The molecule has 0 unspecified atom stereocenters. The molecule has 0 N–H and O–H groups in total. The van der Waals surface area contributed by atoms with E-state index in [-0.39, 0.29) is 23.1 Å². The summed E-state index contributed by atoms with van der Waals surface area (Å²) in [5.41, 5.74) is 2.49. The SMILES string of the molecule is Cc1ccccc1CCl.[MgH2]. The molecular formula is C8H11ClMg. The van der Waals surface area contributed by atoms with E-state index in [0.29, 0.717) is 5.88 Å². The van der Waals surface area contributed by atoms with Crippen molar-refractivity contribution in [3.63, 3.8) is 0 Å². The van der Waals surface area contributed by atoms with Crippen LogP contribution in [0.25, 0.3) is 0 Å². The van der Waals surface area contributed by atoms with Crippen LogP contribution in [0.3, 0.4) is 0 Å². The van der Waals surface area contributed by atoms with Crippen molar-refractivity contribution in [1.29, 1.82) is 0 Å². The third kappa shape index (κ3) is 2.49. The maximum Gasteiger partial charge on any atom is 0.316 e. The quantitative estimate of drug-likeness (QED) is 0.442. The molecule has 0 bridgehead atoms. The molecule has 0 aliphatic carbocycles. The van der Waals surface area contributed by atoms with Gasteiger partial charge >= 0.3 is 23.1 Å². The second kappa shape index (κ2) is 5.00. The van der Waals surface area contributed by atoms with Gasteiger partial charge in [-0.25, -0.2) is 0 Å². The van der Waals surface area contributed by atoms with Gasteiger partial charge in [0, 0.05) is 5.88 Å². The zero-order chi connectivity index (χ0) is 6.69. The molecule has 0 amide bonds. The van der Waals surface area contributed by atoms with Gasteiger partial charge in [-0.1, -0.05) is 24.3 Å². The summed E-state index contributed by atoms with van der Waals surface area (Å²) in [4.78, 5) is 0. The van der Waals surface area contributed by atoms with Crippen molar-refractivity contribution in [2.45, 2.75) is 12.8 Å². The van der Waals surface area contributed by atoms with Crippen LogP contribution in [0, 0.1) is 6.92 Å². The zero-order valence-corrected chi connectivity index (χ0v) is 6.15. The topological polar surface area (TPSA) is 0 Å². The third-order valence-corrected chi connectivity index (χ3v) is 1.69. The van der Waals surface area contributed by atoms with Crippen molar-refractivity contribution in [2.75, 3.05) is 0 Å². The molecular weight excluding hydrogens is 156 g/mol. The monoisotopic (exact) mass is 166 g/mol. The normalized spacial score (nSPS) is 8.60. The van der Waals surface area contributed by atoms with E-state index >= 15 is 0 Å². The maximum atomic E-state index is 5.63. The predicted molar refractivity (Wildman–Crippen MR) is 49.3 cm³/mol. The van der Waals surface area contributed by atoms with E-state index in [1.165, 1.54) is 11.1 Å². The Morgan fingerprint density at radius 2 is 1.90 bits per heavy atom. The molecule has 10 heavy (non-hydrogen) atoms. The van der Waals surface area contributed by atoms with Crippen LogP contribution in [0.15, 0.2) is 24.3 Å². The third-order valence-electron chi connectivity index (χ3n) is 1.41. The van der Waals surface area contributed by atoms with Gasteiger partial charge in [0.25, 0.3) is 0 Å². The molecule has 1 rings (SSSR count). The molecule has 0 saturated heterocycles. The van der Waals surface area contributed by atoms with E-state index in [4.69, 9.17) is 11.6 Å². The van der Waals surface area contributed by atoms with Crippen molar-refractivity contribution in [1.82, 2.24) is 0 Å². The minimum Gasteiger partial charge on any atom is -0.122 e. The Morgan fingerprint density at radius 3 is 2.30 bits per heavy atom. The summed E-state index contributed by atoms with van der Waals surface area (Å²) in [5.74, 6) is 0.618. The lowest BCUT2D eigenvalue weighted by molar-refractivity contribution is 1.30. The summed E-state index contributed by atoms with van der Waals surface area (Å²) in [6.07, 6.45) is 0. The Labute approximate surface area is 82.7 Å². The van der Waals surface area contributed by atoms with Gasteiger partial charge in [0.2, 0.25) is 0 Å². The average Bonchev–Trinajstić information content (AvgIpc) is 1.89. The predicted octanol–water partition coefficient (Wildman–Crippen LogP) is 1.82. The Morgan fingerprint density at radius 1 is 1.30 bits per heavy atom. The van der Waals surface area contributed by atoms with E-state index in [1.807, 2.05) is 18.2 Å². The van der Waals surface area contributed by atoms with Crippen molar-refractivity contribution in [3.05, 3.63) is 35.4 Å². The van der Waals surface area contributed by atoms with E-state index in [1.54, 1.807) is 0 Å². The largest absolute Gasteiger partial charge is 0.316 e. The highest BCUT2D eigenvalue weighted by molar-refractivity contribution is 6.17. The second-order valence-corrected chi connectivity index (χ2v) is 2.33. The first-order valence-electron chi connectivity index (χ1n) is 2.95. The molecule has 52 valence electrons. The van der Waals surface area contributed by atoms with Gasteiger partial charge in [-0.2, -0.15) is 0 Å². The smallest absolute Gasteiger partial charge is 0.122 e. The van der Waals surface area contributed by atoms with Crippen LogP contribution in [-0.2, 0) is 5.88 Å². The lowest BCUT2D eigenvalue weighted by Gasteiger charge is -1.97. The Kier molecular flexibility index (Phi) is 5.14. The molecule has 0 spiro atoms. The van der Waals surface area contributed by atoms with E-state index < -0.39 is 0 Å². The summed E-state index contributed by atoms with van der Waals surface area (Å²) >= 11 is 5.63. The van der Waals surface area contributed by atoms with Crippen LogP contribution in [-0.4, -0.2) is 23.1 Å². The minimum absolute atomic E-state index is 0. The van der Waals surface area contributed by atoms with Gasteiger partial charge in [0.1, 0.15) is 0 Å². The minimum atomic E-state index is 0. The van der Waals surface area contributed by atoms with E-state index in [9.17, 15) is 0 Å². The lowest BCUT2D eigenvalue weighted by atomic mass is 10.1. The molecule has 0 aliphatic heterocycles. The van der Waals surface area contributed by atoms with Gasteiger partial charge in [0.15, 0.2) is 0 Å². The fourth-order valence-electron chi connectivity index (χ4n) is 0.760. The Hall–Kier alpha value is 0.276. The number of hydrogen-bond donors (Lipinski definition) is 0. The second-order valence-electron chi connectivity index (χ2n) is 2.06. The first-order valence-corrected chi connectivity index (χ1v) is 3.48. The average molecular weight is 167 g/mol. The van der Waals surface area contributed by atoms with Crippen LogP contribution < -0.4 is 0 Å². The Bertz CT molecular complexity index is 198. The number of rotatable bonds is 1. The van der Waals surface area contributed by atoms with Crippen molar-refractivity contribution in [2.24, 2.45) is 0 Å². The molecule has 0 aromatic heterocycles. The van der Waals surface area contributed by atoms with Crippen molar-refractivity contribution >= 4 is 34.7 Å². The number of hydrogen-bond acceptors (Lipinski definition) is 0. The fraction of sp³-hybridized carbons (Fsp3) is 0.250. The molecule has 0 radical (unpaired) electrons. The summed E-state index contributed by atoms with van der Waals surface area (Å²) in [7, 11) is 0. The van der Waals surface area contributed by atoms with Gasteiger partial charge in [-0.3, -0.25) is 0 Å². The summed E-state index contributed by atoms with van der Waals surface area (Å²) in [5, 5.41) is 0. The molecule has 0 aliphatic rings. The Balaban J connectivity index is 0.000000810. The van der Waals surface area contributed by atoms with Crippen LogP contribution in [0.4, 0.5) is 0 Å². The van der Waals surface area contributed by atoms with Crippen LogP contribution >= 0.6 is 11.6 Å². The van der Waals surface area contributed by atoms with Crippen LogP contribution in [0.5, 0.6) is 0 Å². The van der Waals surface area contributed by atoms with Crippen molar-refractivity contribution < 1.29 is 0 Å². The highest BCUT2D eigenvalue weighted by Crippen LogP contribution is 2.08. The molecule has 0 atom stereocenters. The van der Waals surface area contributed by atoms with Crippen LogP contribution in [0.1, 0.15) is 11.1 Å². The molecule has 0 heterocycles. The molecule has 0 fully saturated rings. The fourth-order valence-corrected chi connectivity index (χ4v) is 1.06. The number of aryl methyl sites for hydroxylation is 1. The molecule has 1 aromatic rings. The zero-order valence-electron chi connectivity index (χ0n) is 5.39. The highest BCUT2D eigenvalue weighted by atomic mass is 35.5. The molecule has 2 heteroatoms. The van der Waals surface area contributed by atoms with Crippen molar-refractivity contribution in [3.8, 4) is 0 Å². The lowest BCUT2D eigenvalue weighted by Crippen LogP contribution is -1.80. The molecule has 0 nitrogen and oxygen atoms in total. The van der Waals surface area contributed by atoms with Gasteiger partial charge < -0.3 is 0 Å². The van der Waals surface area contributed by atoms with Crippen LogP contribution in [0.2, 0.25) is 0 Å². The number of halogens is 1. The summed E-state index contributed by atoms with van der Waals surface area (Å²) < 4.78 is 0.